The van der Waals surface area contributed by atoms with Crippen molar-refractivity contribution in [2.45, 2.75) is 0 Å². The lowest BCUT2D eigenvalue weighted by Crippen LogP contribution is -2.21. The van der Waals surface area contributed by atoms with Crippen LogP contribution >= 0.6 is 35.4 Å². The summed E-state index contributed by atoms with van der Waals surface area (Å²) in [6.45, 7) is 0. The molecule has 0 atom stereocenters. The standard InChI is InChI=1S/C14H8Cl2N2O2S/c15-8-3-7(4-9(16)5-8)12-2-1-10(20-12)6-11-13(19)18-14(21)17-11/h1-6H,(H2,17,18,19,21). The van der Waals surface area contributed by atoms with Crippen LogP contribution in [0.15, 0.2) is 40.4 Å². The van der Waals surface area contributed by atoms with Crippen LogP contribution in [-0.4, -0.2) is 11.0 Å². The fourth-order valence-electron chi connectivity index (χ4n) is 1.91. The number of furan rings is 1. The van der Waals surface area contributed by atoms with Crippen molar-refractivity contribution < 1.29 is 9.21 Å². The van der Waals surface area contributed by atoms with Gasteiger partial charge in [-0.05, 0) is 42.5 Å². The van der Waals surface area contributed by atoms with Gasteiger partial charge in [-0.1, -0.05) is 23.2 Å². The molecule has 2 heterocycles. The normalized spacial score (nSPS) is 16.2. The van der Waals surface area contributed by atoms with Gasteiger partial charge in [0.05, 0.1) is 0 Å². The number of benzene rings is 1. The summed E-state index contributed by atoms with van der Waals surface area (Å²) >= 11 is 16.8. The van der Waals surface area contributed by atoms with E-state index < -0.39 is 0 Å². The average Bonchev–Trinajstić information content (AvgIpc) is 2.96. The lowest BCUT2D eigenvalue weighted by Gasteiger charge is -1.99. The summed E-state index contributed by atoms with van der Waals surface area (Å²) in [4.78, 5) is 11.5. The molecule has 0 saturated carbocycles. The third-order valence-electron chi connectivity index (χ3n) is 2.78. The van der Waals surface area contributed by atoms with Crippen LogP contribution in [0.25, 0.3) is 17.4 Å². The van der Waals surface area contributed by atoms with Crippen molar-refractivity contribution in [1.29, 1.82) is 0 Å². The predicted molar refractivity (Wildman–Crippen MR) is 86.0 cm³/mol. The smallest absolute Gasteiger partial charge is 0.274 e. The van der Waals surface area contributed by atoms with Crippen LogP contribution in [0, 0.1) is 0 Å². The van der Waals surface area contributed by atoms with Crippen LogP contribution in [0.4, 0.5) is 0 Å². The van der Waals surface area contributed by atoms with Gasteiger partial charge < -0.3 is 9.73 Å². The number of carbonyl (C=O) groups excluding carboxylic acids is 1. The van der Waals surface area contributed by atoms with Crippen LogP contribution in [-0.2, 0) is 4.79 Å². The predicted octanol–water partition coefficient (Wildman–Crippen LogP) is 3.60. The number of carbonyl (C=O) groups is 1. The summed E-state index contributed by atoms with van der Waals surface area (Å²) in [6, 6.07) is 8.66. The van der Waals surface area contributed by atoms with Crippen molar-refractivity contribution in [3.63, 3.8) is 0 Å². The van der Waals surface area contributed by atoms with Gasteiger partial charge >= 0.3 is 0 Å². The van der Waals surface area contributed by atoms with Gasteiger partial charge in [-0.15, -0.1) is 0 Å². The van der Waals surface area contributed by atoms with Gasteiger partial charge in [0.15, 0.2) is 5.11 Å². The highest BCUT2D eigenvalue weighted by molar-refractivity contribution is 7.80. The first kappa shape index (κ1) is 14.1. The largest absolute Gasteiger partial charge is 0.457 e. The maximum absolute atomic E-state index is 11.5. The molecule has 3 rings (SSSR count). The zero-order valence-corrected chi connectivity index (χ0v) is 12.8. The van der Waals surface area contributed by atoms with E-state index in [0.717, 1.165) is 5.56 Å². The van der Waals surface area contributed by atoms with Crippen LogP contribution in [0.5, 0.6) is 0 Å². The van der Waals surface area contributed by atoms with E-state index in [-0.39, 0.29) is 11.0 Å². The number of hydrogen-bond acceptors (Lipinski definition) is 3. The second-order valence-electron chi connectivity index (χ2n) is 4.33. The number of halogens is 2. The zero-order chi connectivity index (χ0) is 15.0. The van der Waals surface area contributed by atoms with Crippen molar-refractivity contribution in [3.05, 3.63) is 51.8 Å². The minimum atomic E-state index is -0.288. The summed E-state index contributed by atoms with van der Waals surface area (Å²) in [5, 5.41) is 6.55. The number of hydrogen-bond donors (Lipinski definition) is 2. The quantitative estimate of drug-likeness (QED) is 0.648. The molecular weight excluding hydrogens is 331 g/mol. The van der Waals surface area contributed by atoms with E-state index in [1.54, 1.807) is 36.4 Å². The average molecular weight is 339 g/mol. The number of amides is 1. The minimum absolute atomic E-state index is 0.277. The molecule has 1 aliphatic heterocycles. The molecule has 0 bridgehead atoms. The fourth-order valence-corrected chi connectivity index (χ4v) is 2.64. The molecule has 2 N–H and O–H groups in total. The van der Waals surface area contributed by atoms with Gasteiger partial charge in [-0.3, -0.25) is 10.1 Å². The molecule has 1 aromatic carbocycles. The number of rotatable bonds is 2. The Morgan fingerprint density at radius 1 is 1.10 bits per heavy atom. The topological polar surface area (TPSA) is 54.3 Å². The summed E-state index contributed by atoms with van der Waals surface area (Å²) in [7, 11) is 0. The van der Waals surface area contributed by atoms with Gasteiger partial charge in [0.2, 0.25) is 0 Å². The lowest BCUT2D eigenvalue weighted by atomic mass is 10.2. The highest BCUT2D eigenvalue weighted by Crippen LogP contribution is 2.29. The van der Waals surface area contributed by atoms with Crippen LogP contribution in [0.1, 0.15) is 5.76 Å². The van der Waals surface area contributed by atoms with Gasteiger partial charge in [0.25, 0.3) is 5.91 Å². The van der Waals surface area contributed by atoms with Gasteiger partial charge in [-0.25, -0.2) is 0 Å². The van der Waals surface area contributed by atoms with Crippen LogP contribution in [0.3, 0.4) is 0 Å². The molecule has 21 heavy (non-hydrogen) atoms. The Bertz CT molecular complexity index is 763. The molecule has 7 heteroatoms. The first-order valence-corrected chi connectivity index (χ1v) is 7.08. The third kappa shape index (κ3) is 3.10. The molecular formula is C14H8Cl2N2O2S. The van der Waals surface area contributed by atoms with E-state index in [2.05, 4.69) is 10.6 Å². The van der Waals surface area contributed by atoms with E-state index in [4.69, 9.17) is 39.8 Å². The van der Waals surface area contributed by atoms with Crippen molar-refractivity contribution in [2.24, 2.45) is 0 Å². The molecule has 1 fully saturated rings. The van der Waals surface area contributed by atoms with Gasteiger partial charge in [0.1, 0.15) is 17.2 Å². The van der Waals surface area contributed by atoms with Crippen molar-refractivity contribution in [1.82, 2.24) is 10.6 Å². The number of thiocarbonyl (C=S) groups is 1. The Hall–Kier alpha value is -1.82. The summed E-state index contributed by atoms with van der Waals surface area (Å²) < 4.78 is 5.67. The first-order valence-electron chi connectivity index (χ1n) is 5.91. The molecule has 0 unspecified atom stereocenters. The minimum Gasteiger partial charge on any atom is -0.457 e. The second-order valence-corrected chi connectivity index (χ2v) is 5.61. The fraction of sp³-hybridized carbons (Fsp3) is 0. The molecule has 1 aliphatic rings. The molecule has 1 saturated heterocycles. The Labute approximate surface area is 135 Å². The maximum atomic E-state index is 11.5. The molecule has 0 spiro atoms. The highest BCUT2D eigenvalue weighted by Gasteiger charge is 2.20. The van der Waals surface area contributed by atoms with E-state index in [1.807, 2.05) is 0 Å². The monoisotopic (exact) mass is 338 g/mol. The summed E-state index contributed by atoms with van der Waals surface area (Å²) in [5.41, 5.74) is 1.10. The summed E-state index contributed by atoms with van der Waals surface area (Å²) in [6.07, 6.45) is 1.57. The molecule has 1 amide bonds. The van der Waals surface area contributed by atoms with Gasteiger partial charge in [-0.2, -0.15) is 0 Å². The van der Waals surface area contributed by atoms with Crippen molar-refractivity contribution >= 4 is 52.5 Å². The highest BCUT2D eigenvalue weighted by atomic mass is 35.5. The lowest BCUT2D eigenvalue weighted by molar-refractivity contribution is -0.115. The Kier molecular flexibility index (Phi) is 3.71. The van der Waals surface area contributed by atoms with E-state index in [0.29, 0.717) is 27.3 Å². The SMILES string of the molecule is O=C1NC(=S)NC1=Cc1ccc(-c2cc(Cl)cc(Cl)c2)o1. The zero-order valence-electron chi connectivity index (χ0n) is 10.4. The van der Waals surface area contributed by atoms with Crippen LogP contribution < -0.4 is 10.6 Å². The van der Waals surface area contributed by atoms with Crippen molar-refractivity contribution in [3.8, 4) is 11.3 Å². The van der Waals surface area contributed by atoms with E-state index in [1.165, 1.54) is 0 Å². The van der Waals surface area contributed by atoms with Gasteiger partial charge in [0, 0.05) is 21.7 Å². The van der Waals surface area contributed by atoms with E-state index >= 15 is 0 Å². The number of nitrogens with one attached hydrogen (secondary N) is 2. The Balaban J connectivity index is 1.92. The second kappa shape index (κ2) is 5.52. The maximum Gasteiger partial charge on any atom is 0.274 e. The van der Waals surface area contributed by atoms with E-state index in [9.17, 15) is 4.79 Å². The first-order chi connectivity index (χ1) is 10.0. The molecule has 1 aromatic heterocycles. The van der Waals surface area contributed by atoms with Crippen molar-refractivity contribution in [2.75, 3.05) is 0 Å². The van der Waals surface area contributed by atoms with Crippen LogP contribution in [0.2, 0.25) is 10.0 Å². The molecule has 2 aromatic rings. The third-order valence-corrected chi connectivity index (χ3v) is 3.42. The molecule has 4 nitrogen and oxygen atoms in total. The Morgan fingerprint density at radius 2 is 1.81 bits per heavy atom. The molecule has 0 radical (unpaired) electrons. The summed E-state index contributed by atoms with van der Waals surface area (Å²) in [5.74, 6) is 0.833. The molecule has 106 valence electrons. The Morgan fingerprint density at radius 3 is 2.43 bits per heavy atom. The molecule has 0 aliphatic carbocycles.